The van der Waals surface area contributed by atoms with E-state index in [1.165, 1.54) is 0 Å². The maximum absolute atomic E-state index is 13.6. The molecule has 5 nitrogen and oxygen atoms in total. The molecular formula is C26H26N2O3. The third kappa shape index (κ3) is 4.04. The van der Waals surface area contributed by atoms with Crippen LogP contribution < -0.4 is 14.4 Å². The van der Waals surface area contributed by atoms with E-state index in [-0.39, 0.29) is 5.91 Å². The number of rotatable bonds is 6. The number of ether oxygens (including phenoxy) is 2. The van der Waals surface area contributed by atoms with E-state index in [1.807, 2.05) is 79.7 Å². The Morgan fingerprint density at radius 2 is 1.52 bits per heavy atom. The number of carbonyl (C=O) groups is 1. The van der Waals surface area contributed by atoms with Crippen LogP contribution in [0.3, 0.4) is 0 Å². The van der Waals surface area contributed by atoms with Crippen molar-refractivity contribution >= 4 is 17.3 Å². The van der Waals surface area contributed by atoms with E-state index < -0.39 is 6.04 Å². The molecule has 1 aliphatic heterocycles. The van der Waals surface area contributed by atoms with Gasteiger partial charge < -0.3 is 14.4 Å². The number of amides is 1. The van der Waals surface area contributed by atoms with Crippen molar-refractivity contribution < 1.29 is 14.3 Å². The first-order valence-corrected chi connectivity index (χ1v) is 10.4. The van der Waals surface area contributed by atoms with Gasteiger partial charge in [-0.05, 0) is 18.6 Å². The number of carbonyl (C=O) groups excluding carboxylic acids is 1. The molecule has 3 aromatic carbocycles. The standard InChI is InChI=1S/C26H26N2O3/c1-4-28-22-17-24(31-3)23(30-2)16-20(22)25(19-13-9-6-10-14-19)27-21(26(28)29)15-18-11-7-5-8-12-18/h5-14,16-17,21H,4,15H2,1-3H3. The van der Waals surface area contributed by atoms with Crippen LogP contribution in [-0.4, -0.2) is 38.4 Å². The molecule has 158 valence electrons. The van der Waals surface area contributed by atoms with Crippen LogP contribution in [0, 0.1) is 0 Å². The van der Waals surface area contributed by atoms with Gasteiger partial charge in [-0.1, -0.05) is 60.7 Å². The van der Waals surface area contributed by atoms with Crippen molar-refractivity contribution in [2.75, 3.05) is 25.7 Å². The summed E-state index contributed by atoms with van der Waals surface area (Å²) in [6.45, 7) is 2.51. The lowest BCUT2D eigenvalue weighted by molar-refractivity contribution is -0.119. The van der Waals surface area contributed by atoms with Gasteiger partial charge in [0.15, 0.2) is 11.5 Å². The van der Waals surface area contributed by atoms with Crippen molar-refractivity contribution in [1.29, 1.82) is 0 Å². The Morgan fingerprint density at radius 1 is 0.903 bits per heavy atom. The summed E-state index contributed by atoms with van der Waals surface area (Å²) in [6, 6.07) is 23.3. The van der Waals surface area contributed by atoms with Gasteiger partial charge in [0.1, 0.15) is 6.04 Å². The number of hydrogen-bond acceptors (Lipinski definition) is 4. The zero-order chi connectivity index (χ0) is 21.8. The second kappa shape index (κ2) is 9.04. The Labute approximate surface area is 183 Å². The van der Waals surface area contributed by atoms with Gasteiger partial charge in [0, 0.05) is 30.2 Å². The van der Waals surface area contributed by atoms with Gasteiger partial charge in [0.05, 0.1) is 25.6 Å². The van der Waals surface area contributed by atoms with Crippen LogP contribution in [0.2, 0.25) is 0 Å². The fraction of sp³-hybridized carbons (Fsp3) is 0.231. The molecule has 1 heterocycles. The molecule has 0 bridgehead atoms. The lowest BCUT2D eigenvalue weighted by Gasteiger charge is -2.25. The van der Waals surface area contributed by atoms with E-state index in [1.54, 1.807) is 19.1 Å². The number of methoxy groups -OCH3 is 2. The summed E-state index contributed by atoms with van der Waals surface area (Å²) in [7, 11) is 3.21. The fourth-order valence-corrected chi connectivity index (χ4v) is 3.98. The van der Waals surface area contributed by atoms with Gasteiger partial charge in [-0.15, -0.1) is 0 Å². The molecule has 0 saturated heterocycles. The molecular weight excluding hydrogens is 388 g/mol. The SMILES string of the molecule is CCN1C(=O)C(Cc2ccccc2)N=C(c2ccccc2)c2cc(OC)c(OC)cc21. The maximum Gasteiger partial charge on any atom is 0.252 e. The predicted molar refractivity (Wildman–Crippen MR) is 124 cm³/mol. The molecule has 1 atom stereocenters. The predicted octanol–water partition coefficient (Wildman–Crippen LogP) is 4.52. The van der Waals surface area contributed by atoms with Gasteiger partial charge in [-0.2, -0.15) is 0 Å². The third-order valence-electron chi connectivity index (χ3n) is 5.52. The highest BCUT2D eigenvalue weighted by atomic mass is 16.5. The highest BCUT2D eigenvalue weighted by Gasteiger charge is 2.32. The summed E-state index contributed by atoms with van der Waals surface area (Å²) in [5.74, 6) is 1.17. The largest absolute Gasteiger partial charge is 0.493 e. The molecule has 0 saturated carbocycles. The first kappa shape index (κ1) is 20.7. The van der Waals surface area contributed by atoms with Gasteiger partial charge in [-0.25, -0.2) is 0 Å². The fourth-order valence-electron chi connectivity index (χ4n) is 3.98. The van der Waals surface area contributed by atoms with Gasteiger partial charge in [-0.3, -0.25) is 9.79 Å². The minimum atomic E-state index is -0.526. The molecule has 0 aliphatic carbocycles. The summed E-state index contributed by atoms with van der Waals surface area (Å²) in [6.07, 6.45) is 0.536. The van der Waals surface area contributed by atoms with E-state index in [0.29, 0.717) is 24.5 Å². The van der Waals surface area contributed by atoms with Crippen LogP contribution in [-0.2, 0) is 11.2 Å². The summed E-state index contributed by atoms with van der Waals surface area (Å²) >= 11 is 0. The first-order chi connectivity index (χ1) is 15.2. The minimum absolute atomic E-state index is 0.0224. The molecule has 0 fully saturated rings. The molecule has 4 rings (SSSR count). The zero-order valence-electron chi connectivity index (χ0n) is 18.0. The Kier molecular flexibility index (Phi) is 6.03. The summed E-state index contributed by atoms with van der Waals surface area (Å²) in [4.78, 5) is 20.4. The molecule has 3 aromatic rings. The number of anilines is 1. The smallest absolute Gasteiger partial charge is 0.252 e. The quantitative estimate of drug-likeness (QED) is 0.596. The topological polar surface area (TPSA) is 51.1 Å². The molecule has 0 spiro atoms. The highest BCUT2D eigenvalue weighted by Crippen LogP contribution is 2.38. The molecule has 1 amide bonds. The van der Waals surface area contributed by atoms with Crippen molar-refractivity contribution in [3.8, 4) is 11.5 Å². The van der Waals surface area contributed by atoms with Crippen LogP contribution in [0.15, 0.2) is 77.8 Å². The number of likely N-dealkylation sites (N-methyl/N-ethyl adjacent to an activating group) is 1. The maximum atomic E-state index is 13.6. The number of nitrogens with zero attached hydrogens (tertiary/aromatic N) is 2. The summed E-state index contributed by atoms with van der Waals surface area (Å²) in [5.41, 5.74) is 4.45. The van der Waals surface area contributed by atoms with Crippen LogP contribution in [0.1, 0.15) is 23.6 Å². The first-order valence-electron chi connectivity index (χ1n) is 10.4. The van der Waals surface area contributed by atoms with E-state index in [2.05, 4.69) is 0 Å². The Balaban J connectivity index is 1.93. The van der Waals surface area contributed by atoms with E-state index in [4.69, 9.17) is 14.5 Å². The minimum Gasteiger partial charge on any atom is -0.493 e. The number of benzodiazepines with no additional fused rings is 1. The van der Waals surface area contributed by atoms with Crippen molar-refractivity contribution in [1.82, 2.24) is 0 Å². The van der Waals surface area contributed by atoms with Crippen molar-refractivity contribution in [3.63, 3.8) is 0 Å². The average Bonchev–Trinajstić information content (AvgIpc) is 2.93. The number of hydrogen-bond donors (Lipinski definition) is 0. The monoisotopic (exact) mass is 414 g/mol. The molecule has 0 N–H and O–H groups in total. The van der Waals surface area contributed by atoms with Crippen molar-refractivity contribution in [3.05, 3.63) is 89.5 Å². The van der Waals surface area contributed by atoms with E-state index in [9.17, 15) is 4.79 Å². The van der Waals surface area contributed by atoms with E-state index >= 15 is 0 Å². The van der Waals surface area contributed by atoms with Gasteiger partial charge in [0.2, 0.25) is 0 Å². The molecule has 0 aromatic heterocycles. The second-order valence-electron chi connectivity index (χ2n) is 7.36. The Hall–Kier alpha value is -3.60. The number of fused-ring (bicyclic) bond motifs is 1. The van der Waals surface area contributed by atoms with Crippen LogP contribution >= 0.6 is 0 Å². The van der Waals surface area contributed by atoms with Crippen LogP contribution in [0.25, 0.3) is 0 Å². The van der Waals surface area contributed by atoms with Crippen molar-refractivity contribution in [2.45, 2.75) is 19.4 Å². The highest BCUT2D eigenvalue weighted by molar-refractivity contribution is 6.20. The van der Waals surface area contributed by atoms with Crippen LogP contribution in [0.5, 0.6) is 11.5 Å². The van der Waals surface area contributed by atoms with E-state index in [0.717, 1.165) is 28.1 Å². The number of benzene rings is 3. The van der Waals surface area contributed by atoms with Crippen molar-refractivity contribution in [2.24, 2.45) is 4.99 Å². The normalized spacial score (nSPS) is 15.7. The second-order valence-corrected chi connectivity index (χ2v) is 7.36. The average molecular weight is 415 g/mol. The molecule has 1 aliphatic rings. The molecule has 5 heteroatoms. The number of aliphatic imine (C=N–C) groups is 1. The molecule has 31 heavy (non-hydrogen) atoms. The zero-order valence-corrected chi connectivity index (χ0v) is 18.0. The molecule has 1 unspecified atom stereocenters. The van der Waals surface area contributed by atoms with Gasteiger partial charge in [0.25, 0.3) is 5.91 Å². The van der Waals surface area contributed by atoms with Crippen LogP contribution in [0.4, 0.5) is 5.69 Å². The third-order valence-corrected chi connectivity index (χ3v) is 5.52. The lowest BCUT2D eigenvalue weighted by atomic mass is 9.99. The lowest BCUT2D eigenvalue weighted by Crippen LogP contribution is -2.38. The Bertz CT molecular complexity index is 1090. The van der Waals surface area contributed by atoms with Gasteiger partial charge >= 0.3 is 0 Å². The summed E-state index contributed by atoms with van der Waals surface area (Å²) < 4.78 is 11.1. The Morgan fingerprint density at radius 3 is 2.13 bits per heavy atom. The molecule has 0 radical (unpaired) electrons. The summed E-state index contributed by atoms with van der Waals surface area (Å²) in [5, 5.41) is 0.